The summed E-state index contributed by atoms with van der Waals surface area (Å²) in [6.07, 6.45) is 2.50. The van der Waals surface area contributed by atoms with Crippen molar-refractivity contribution < 1.29 is 14.3 Å². The molecule has 1 aromatic carbocycles. The molecule has 4 aromatic rings. The number of nitrogens with one attached hydrogen (secondary N) is 1. The molecular formula is C25H18BrClN4O3S. The van der Waals surface area contributed by atoms with Gasteiger partial charge in [0.15, 0.2) is 5.82 Å². The average molecular weight is 570 g/mol. The molecule has 0 bridgehead atoms. The van der Waals surface area contributed by atoms with E-state index in [1.54, 1.807) is 24.4 Å². The molecule has 0 unspecified atom stereocenters. The molecule has 0 spiro atoms. The van der Waals surface area contributed by atoms with Gasteiger partial charge in [-0.05, 0) is 58.2 Å². The molecule has 0 aliphatic heterocycles. The molecule has 0 fully saturated rings. The number of hydrogen-bond acceptors (Lipinski definition) is 6. The molecule has 3 aromatic heterocycles. The maximum absolute atomic E-state index is 13.2. The molecule has 10 heteroatoms. The molecule has 0 radical (unpaired) electrons. The topological polar surface area (TPSA) is 86.1 Å². The monoisotopic (exact) mass is 568 g/mol. The number of methoxy groups -OCH3 is 1. The maximum atomic E-state index is 13.2. The van der Waals surface area contributed by atoms with Crippen LogP contribution in [0.15, 0.2) is 59.3 Å². The lowest BCUT2D eigenvalue weighted by Gasteiger charge is -2.08. The molecule has 176 valence electrons. The van der Waals surface area contributed by atoms with Crippen LogP contribution in [0.5, 0.6) is 0 Å². The van der Waals surface area contributed by atoms with Crippen LogP contribution in [0.1, 0.15) is 43.8 Å². The van der Waals surface area contributed by atoms with Crippen molar-refractivity contribution in [3.05, 3.63) is 91.6 Å². The number of carbonyl (C=O) groups excluding carboxylic acids is 2. The van der Waals surface area contributed by atoms with Gasteiger partial charge >= 0.3 is 5.97 Å². The summed E-state index contributed by atoms with van der Waals surface area (Å²) in [6, 6.07) is 14.4. The molecule has 7 nitrogen and oxygen atoms in total. The van der Waals surface area contributed by atoms with Crippen LogP contribution in [0.3, 0.4) is 0 Å². The number of carbonyl (C=O) groups is 2. The predicted octanol–water partition coefficient (Wildman–Crippen LogP) is 5.75. The fourth-order valence-corrected chi connectivity index (χ4v) is 4.61. The second kappa shape index (κ2) is 10.9. The first-order valence-electron chi connectivity index (χ1n) is 10.4. The standard InChI is InChI=1S/C25H18BrClN4O3S/c1-3-15-6-8-16(9-7-15)10-11-17-13-18(25(33)34-2)24(35-17)29-23(32)20-14-21(26)30-31(20)22-19(27)5-4-12-28-22/h4-9,12-14H,3H2,1-2H3,(H,29,32). The number of pyridine rings is 1. The molecule has 35 heavy (non-hydrogen) atoms. The van der Waals surface area contributed by atoms with Gasteiger partial charge in [-0.3, -0.25) is 4.79 Å². The zero-order valence-electron chi connectivity index (χ0n) is 18.6. The van der Waals surface area contributed by atoms with Crippen LogP contribution >= 0.6 is 38.9 Å². The molecule has 4 rings (SSSR count). The van der Waals surface area contributed by atoms with E-state index in [4.69, 9.17) is 16.3 Å². The summed E-state index contributed by atoms with van der Waals surface area (Å²) < 4.78 is 6.64. The van der Waals surface area contributed by atoms with Crippen LogP contribution in [0, 0.1) is 11.8 Å². The second-order valence-electron chi connectivity index (χ2n) is 7.17. The fourth-order valence-electron chi connectivity index (χ4n) is 3.14. The number of benzene rings is 1. The highest BCUT2D eigenvalue weighted by molar-refractivity contribution is 9.10. The largest absolute Gasteiger partial charge is 0.465 e. The third-order valence-corrected chi connectivity index (χ3v) is 6.56. The third-order valence-electron chi connectivity index (χ3n) is 4.91. The van der Waals surface area contributed by atoms with Gasteiger partial charge in [0.1, 0.15) is 15.3 Å². The van der Waals surface area contributed by atoms with Crippen LogP contribution in [0.4, 0.5) is 5.00 Å². The molecule has 0 atom stereocenters. The van der Waals surface area contributed by atoms with Crippen molar-refractivity contribution in [2.24, 2.45) is 0 Å². The Bertz CT molecular complexity index is 1470. The minimum absolute atomic E-state index is 0.172. The van der Waals surface area contributed by atoms with Crippen LogP contribution in [-0.4, -0.2) is 33.8 Å². The van der Waals surface area contributed by atoms with Gasteiger partial charge in [0, 0.05) is 17.8 Å². The number of aryl methyl sites for hydroxylation is 1. The number of rotatable bonds is 5. The molecule has 1 amide bonds. The molecule has 0 saturated carbocycles. The lowest BCUT2D eigenvalue weighted by atomic mass is 10.1. The van der Waals surface area contributed by atoms with Crippen molar-refractivity contribution >= 4 is 55.7 Å². The molecule has 0 saturated heterocycles. The van der Waals surface area contributed by atoms with E-state index >= 15 is 0 Å². The van der Waals surface area contributed by atoms with Crippen molar-refractivity contribution in [1.82, 2.24) is 14.8 Å². The van der Waals surface area contributed by atoms with Crippen molar-refractivity contribution in [2.45, 2.75) is 13.3 Å². The minimum atomic E-state index is -0.584. The quantitative estimate of drug-likeness (QED) is 0.244. The van der Waals surface area contributed by atoms with Gasteiger partial charge in [-0.25, -0.2) is 14.5 Å². The van der Waals surface area contributed by atoms with Gasteiger partial charge in [-0.1, -0.05) is 42.5 Å². The molecule has 3 heterocycles. The smallest absolute Gasteiger partial charge is 0.340 e. The number of aromatic nitrogens is 3. The zero-order chi connectivity index (χ0) is 24.9. The number of anilines is 1. The van der Waals surface area contributed by atoms with Crippen LogP contribution in [0.25, 0.3) is 5.82 Å². The second-order valence-corrected chi connectivity index (χ2v) is 9.44. The fraction of sp³-hybridized carbons (Fsp3) is 0.120. The Morgan fingerprint density at radius 1 is 1.20 bits per heavy atom. The van der Waals surface area contributed by atoms with Crippen LogP contribution in [-0.2, 0) is 11.2 Å². The van der Waals surface area contributed by atoms with E-state index in [9.17, 15) is 9.59 Å². The van der Waals surface area contributed by atoms with E-state index in [0.29, 0.717) is 25.3 Å². The van der Waals surface area contributed by atoms with E-state index in [2.05, 4.69) is 50.1 Å². The summed E-state index contributed by atoms with van der Waals surface area (Å²) in [5.74, 6) is 5.35. The summed E-state index contributed by atoms with van der Waals surface area (Å²) in [5, 5.41) is 7.69. The van der Waals surface area contributed by atoms with Gasteiger partial charge < -0.3 is 10.1 Å². The summed E-state index contributed by atoms with van der Waals surface area (Å²) in [6.45, 7) is 2.09. The number of amides is 1. The lowest BCUT2D eigenvalue weighted by Crippen LogP contribution is -2.18. The number of halogens is 2. The van der Waals surface area contributed by atoms with Crippen molar-refractivity contribution in [3.8, 4) is 17.7 Å². The van der Waals surface area contributed by atoms with Gasteiger partial charge in [0.2, 0.25) is 0 Å². The molecule has 1 N–H and O–H groups in total. The SMILES string of the molecule is CCc1ccc(C#Cc2cc(C(=O)OC)c(NC(=O)c3cc(Br)nn3-c3ncccc3Cl)s2)cc1. The Morgan fingerprint density at radius 2 is 1.97 bits per heavy atom. The summed E-state index contributed by atoms with van der Waals surface area (Å²) in [7, 11) is 1.28. The minimum Gasteiger partial charge on any atom is -0.465 e. The zero-order valence-corrected chi connectivity index (χ0v) is 21.8. The molecule has 0 aliphatic carbocycles. The molecule has 0 aliphatic rings. The Balaban J connectivity index is 1.65. The van der Waals surface area contributed by atoms with Gasteiger partial charge in [0.05, 0.1) is 22.6 Å². The number of esters is 1. The van der Waals surface area contributed by atoms with Crippen molar-refractivity contribution in [2.75, 3.05) is 12.4 Å². The highest BCUT2D eigenvalue weighted by Crippen LogP contribution is 2.30. The number of nitrogens with zero attached hydrogens (tertiary/aromatic N) is 3. The number of hydrogen-bond donors (Lipinski definition) is 1. The van der Waals surface area contributed by atoms with Gasteiger partial charge in [-0.2, -0.15) is 5.10 Å². The normalized spacial score (nSPS) is 10.4. The summed E-state index contributed by atoms with van der Waals surface area (Å²) in [5.41, 5.74) is 2.45. The van der Waals surface area contributed by atoms with E-state index in [1.165, 1.54) is 34.8 Å². The van der Waals surface area contributed by atoms with E-state index in [1.807, 2.05) is 24.3 Å². The van der Waals surface area contributed by atoms with E-state index in [0.717, 1.165) is 12.0 Å². The van der Waals surface area contributed by atoms with E-state index in [-0.39, 0.29) is 11.3 Å². The predicted molar refractivity (Wildman–Crippen MR) is 139 cm³/mol. The summed E-state index contributed by atoms with van der Waals surface area (Å²) in [4.78, 5) is 30.4. The van der Waals surface area contributed by atoms with Crippen molar-refractivity contribution in [1.29, 1.82) is 0 Å². The highest BCUT2D eigenvalue weighted by atomic mass is 79.9. The van der Waals surface area contributed by atoms with Gasteiger partial charge in [0.25, 0.3) is 5.91 Å². The van der Waals surface area contributed by atoms with Crippen LogP contribution < -0.4 is 5.32 Å². The Labute approximate surface area is 219 Å². The summed E-state index contributed by atoms with van der Waals surface area (Å²) >= 11 is 10.7. The third kappa shape index (κ3) is 5.62. The first-order valence-corrected chi connectivity index (χ1v) is 12.4. The Kier molecular flexibility index (Phi) is 7.66. The van der Waals surface area contributed by atoms with Crippen molar-refractivity contribution in [3.63, 3.8) is 0 Å². The van der Waals surface area contributed by atoms with Gasteiger partial charge in [-0.15, -0.1) is 11.3 Å². The van der Waals surface area contributed by atoms with E-state index < -0.39 is 11.9 Å². The lowest BCUT2D eigenvalue weighted by molar-refractivity contribution is 0.0602. The number of thiophene rings is 1. The Hall–Kier alpha value is -3.45. The first kappa shape index (κ1) is 24.7. The highest BCUT2D eigenvalue weighted by Gasteiger charge is 2.23. The average Bonchev–Trinajstić information content (AvgIpc) is 3.46. The first-order chi connectivity index (χ1) is 16.9. The number of ether oxygens (including phenoxy) is 1. The Morgan fingerprint density at radius 3 is 2.66 bits per heavy atom. The van der Waals surface area contributed by atoms with Crippen LogP contribution in [0.2, 0.25) is 5.02 Å². The maximum Gasteiger partial charge on any atom is 0.340 e. The molecular weight excluding hydrogens is 552 g/mol.